The molecule has 0 aliphatic carbocycles. The van der Waals surface area contributed by atoms with Gasteiger partial charge < -0.3 is 4.74 Å². The second kappa shape index (κ2) is 5.47. The van der Waals surface area contributed by atoms with Gasteiger partial charge in [-0.25, -0.2) is 0 Å². The molecular weight excluding hydrogens is 92.1 g/mol. The molecule has 0 aromatic rings. The largest absolute Gasteiger partial charge is 0.461 e. The van der Waals surface area contributed by atoms with Crippen molar-refractivity contribution in [3.63, 3.8) is 0 Å². The van der Waals surface area contributed by atoms with Gasteiger partial charge in [-0.3, -0.25) is 4.79 Å². The number of rotatable bonds is 4. The van der Waals surface area contributed by atoms with E-state index in [0.29, 0.717) is 6.47 Å². The van der Waals surface area contributed by atoms with Crippen molar-refractivity contribution >= 4 is 6.47 Å². The van der Waals surface area contributed by atoms with E-state index in [4.69, 9.17) is 0 Å². The van der Waals surface area contributed by atoms with E-state index in [1.54, 1.807) is 0 Å². The Balaban J connectivity index is 2.56. The van der Waals surface area contributed by atoms with E-state index in [1.165, 1.54) is 6.61 Å². The number of unbranched alkanes of at least 4 members (excludes halogenated alkanes) is 1. The normalized spacial score (nSPS) is 8.14. The van der Waals surface area contributed by atoms with E-state index < -0.39 is 0 Å². The highest BCUT2D eigenvalue weighted by atomic mass is 16.5. The van der Waals surface area contributed by atoms with Crippen LogP contribution in [0.4, 0.5) is 0 Å². The summed E-state index contributed by atoms with van der Waals surface area (Å²) in [5.74, 6) is 0. The SMILES string of the molecule is CCC[CH]OC=O. The minimum atomic E-state index is 0.426. The molecule has 0 aliphatic rings. The summed E-state index contributed by atoms with van der Waals surface area (Å²) in [7, 11) is 0. The molecule has 0 saturated heterocycles. The predicted molar refractivity (Wildman–Crippen MR) is 26.4 cm³/mol. The Labute approximate surface area is 43.5 Å². The van der Waals surface area contributed by atoms with Gasteiger partial charge in [-0.05, 0) is 6.42 Å². The second-order valence-electron chi connectivity index (χ2n) is 1.19. The summed E-state index contributed by atoms with van der Waals surface area (Å²) in [6.45, 7) is 3.94. The van der Waals surface area contributed by atoms with Crippen LogP contribution in [0.2, 0.25) is 0 Å². The third kappa shape index (κ3) is 5.47. The van der Waals surface area contributed by atoms with Crippen LogP contribution < -0.4 is 0 Å². The van der Waals surface area contributed by atoms with Crippen molar-refractivity contribution in [1.29, 1.82) is 0 Å². The molecule has 0 amide bonds. The third-order valence-electron chi connectivity index (χ3n) is 0.558. The van der Waals surface area contributed by atoms with Crippen molar-refractivity contribution < 1.29 is 9.53 Å². The van der Waals surface area contributed by atoms with Crippen LogP contribution in [-0.2, 0) is 9.53 Å². The zero-order valence-electron chi connectivity index (χ0n) is 4.39. The molecule has 2 nitrogen and oxygen atoms in total. The van der Waals surface area contributed by atoms with Crippen molar-refractivity contribution in [3.8, 4) is 0 Å². The monoisotopic (exact) mass is 101 g/mol. The molecule has 0 aromatic heterocycles. The molecule has 0 saturated carbocycles. The Hall–Kier alpha value is -0.530. The van der Waals surface area contributed by atoms with Crippen LogP contribution in [0.1, 0.15) is 19.8 Å². The van der Waals surface area contributed by atoms with Gasteiger partial charge in [0.1, 0.15) is 6.61 Å². The molecular formula is C5H9O2. The van der Waals surface area contributed by atoms with Crippen LogP contribution in [0, 0.1) is 6.61 Å². The van der Waals surface area contributed by atoms with E-state index in [9.17, 15) is 4.79 Å². The van der Waals surface area contributed by atoms with Gasteiger partial charge in [-0.1, -0.05) is 13.3 Å². The number of hydrogen-bond acceptors (Lipinski definition) is 2. The van der Waals surface area contributed by atoms with E-state index in [2.05, 4.69) is 4.74 Å². The number of carbonyl (C=O) groups excluding carboxylic acids is 1. The lowest BCUT2D eigenvalue weighted by molar-refractivity contribution is -0.125. The molecule has 1 radical (unpaired) electrons. The predicted octanol–water partition coefficient (Wildman–Crippen LogP) is 1.12. The minimum absolute atomic E-state index is 0.426. The van der Waals surface area contributed by atoms with Crippen LogP contribution in [0.15, 0.2) is 0 Å². The maximum atomic E-state index is 9.43. The lowest BCUT2D eigenvalue weighted by Gasteiger charge is -1.89. The molecule has 0 unspecified atom stereocenters. The molecule has 0 bridgehead atoms. The lowest BCUT2D eigenvalue weighted by atomic mass is 10.4. The van der Waals surface area contributed by atoms with Gasteiger partial charge in [0, 0.05) is 0 Å². The number of carbonyl (C=O) groups is 1. The topological polar surface area (TPSA) is 26.3 Å². The Morgan fingerprint density at radius 1 is 1.71 bits per heavy atom. The van der Waals surface area contributed by atoms with Gasteiger partial charge in [-0.2, -0.15) is 0 Å². The van der Waals surface area contributed by atoms with Crippen molar-refractivity contribution in [2.24, 2.45) is 0 Å². The number of hydrogen-bond donors (Lipinski definition) is 0. The molecule has 0 N–H and O–H groups in total. The first kappa shape index (κ1) is 6.47. The fourth-order valence-electron chi connectivity index (χ4n) is 0.225. The van der Waals surface area contributed by atoms with Gasteiger partial charge in [0.2, 0.25) is 0 Å². The quantitative estimate of drug-likeness (QED) is 0.392. The summed E-state index contributed by atoms with van der Waals surface area (Å²) in [6.07, 6.45) is 1.87. The maximum absolute atomic E-state index is 9.43. The lowest BCUT2D eigenvalue weighted by Crippen LogP contribution is -1.80. The summed E-state index contributed by atoms with van der Waals surface area (Å²) in [5, 5.41) is 0. The van der Waals surface area contributed by atoms with E-state index in [1.807, 2.05) is 6.92 Å². The summed E-state index contributed by atoms with van der Waals surface area (Å²) in [6, 6.07) is 0. The van der Waals surface area contributed by atoms with Crippen LogP contribution in [0.25, 0.3) is 0 Å². The van der Waals surface area contributed by atoms with Crippen molar-refractivity contribution in [2.75, 3.05) is 0 Å². The molecule has 2 heteroatoms. The summed E-state index contributed by atoms with van der Waals surface area (Å²) >= 11 is 0. The van der Waals surface area contributed by atoms with Gasteiger partial charge in [0.15, 0.2) is 0 Å². The molecule has 0 aromatic carbocycles. The fourth-order valence-corrected chi connectivity index (χ4v) is 0.225. The molecule has 0 heterocycles. The highest BCUT2D eigenvalue weighted by Crippen LogP contribution is 1.89. The van der Waals surface area contributed by atoms with Crippen molar-refractivity contribution in [1.82, 2.24) is 0 Å². The van der Waals surface area contributed by atoms with Gasteiger partial charge >= 0.3 is 0 Å². The van der Waals surface area contributed by atoms with Crippen molar-refractivity contribution in [2.45, 2.75) is 19.8 Å². The van der Waals surface area contributed by atoms with Crippen molar-refractivity contribution in [3.05, 3.63) is 6.61 Å². The van der Waals surface area contributed by atoms with Gasteiger partial charge in [-0.15, -0.1) is 0 Å². The summed E-state index contributed by atoms with van der Waals surface area (Å²) < 4.78 is 4.27. The van der Waals surface area contributed by atoms with E-state index in [-0.39, 0.29) is 0 Å². The molecule has 0 atom stereocenters. The average Bonchev–Trinajstić information content (AvgIpc) is 1.69. The zero-order valence-corrected chi connectivity index (χ0v) is 4.39. The second-order valence-corrected chi connectivity index (χ2v) is 1.19. The standard InChI is InChI=1S/C5H9O2/c1-2-3-4-7-5-6/h4-5H,2-3H2,1H3. The number of ether oxygens (including phenoxy) is 1. The first-order chi connectivity index (χ1) is 3.41. The smallest absolute Gasteiger partial charge is 0.293 e. The maximum Gasteiger partial charge on any atom is 0.293 e. The van der Waals surface area contributed by atoms with Gasteiger partial charge in [0.25, 0.3) is 6.47 Å². The third-order valence-corrected chi connectivity index (χ3v) is 0.558. The molecule has 0 fully saturated rings. The fraction of sp³-hybridized carbons (Fsp3) is 0.600. The Kier molecular flexibility index (Phi) is 5.06. The zero-order chi connectivity index (χ0) is 5.54. The van der Waals surface area contributed by atoms with Crippen LogP contribution in [0.5, 0.6) is 0 Å². The molecule has 41 valence electrons. The first-order valence-electron chi connectivity index (χ1n) is 2.32. The highest BCUT2D eigenvalue weighted by molar-refractivity contribution is 5.37. The van der Waals surface area contributed by atoms with Crippen LogP contribution >= 0.6 is 0 Å². The molecule has 0 rings (SSSR count). The summed E-state index contributed by atoms with van der Waals surface area (Å²) in [4.78, 5) is 9.43. The molecule has 7 heavy (non-hydrogen) atoms. The Morgan fingerprint density at radius 2 is 2.43 bits per heavy atom. The Morgan fingerprint density at radius 3 is 2.86 bits per heavy atom. The van der Waals surface area contributed by atoms with Crippen LogP contribution in [-0.4, -0.2) is 6.47 Å². The molecule has 0 spiro atoms. The first-order valence-corrected chi connectivity index (χ1v) is 2.32. The van der Waals surface area contributed by atoms with E-state index >= 15 is 0 Å². The minimum Gasteiger partial charge on any atom is -0.461 e. The van der Waals surface area contributed by atoms with Crippen LogP contribution in [0.3, 0.4) is 0 Å². The summed E-state index contributed by atoms with van der Waals surface area (Å²) in [5.41, 5.74) is 0. The van der Waals surface area contributed by atoms with Gasteiger partial charge in [0.05, 0.1) is 0 Å². The van der Waals surface area contributed by atoms with E-state index in [0.717, 1.165) is 12.8 Å². The highest BCUT2D eigenvalue weighted by Gasteiger charge is 1.79. The molecule has 0 aliphatic heterocycles. The average molecular weight is 101 g/mol. The Bertz CT molecular complexity index is 43.3.